The predicted molar refractivity (Wildman–Crippen MR) is 44.3 cm³/mol. The third-order valence-electron chi connectivity index (χ3n) is 1.11. The molecule has 0 aliphatic rings. The van der Waals surface area contributed by atoms with Crippen molar-refractivity contribution in [1.29, 1.82) is 5.26 Å². The zero-order chi connectivity index (χ0) is 8.97. The van der Waals surface area contributed by atoms with Crippen LogP contribution in [0, 0.1) is 11.3 Å². The Morgan fingerprint density at radius 1 is 1.58 bits per heavy atom. The van der Waals surface area contributed by atoms with E-state index in [0.717, 1.165) is 0 Å². The minimum Gasteiger partial charge on any atom is -0.289 e. The highest BCUT2D eigenvalue weighted by Crippen LogP contribution is 2.05. The molecule has 0 saturated carbocycles. The molecular formula is C7H4BrN3O. The number of Topliss-reactive ketones (excluding diaryl/α,β-unsaturated/α-hetero) is 1. The molecule has 1 aromatic rings. The Hall–Kier alpha value is -1.28. The Morgan fingerprint density at radius 2 is 2.17 bits per heavy atom. The summed E-state index contributed by atoms with van der Waals surface area (Å²) in [5, 5.41) is 8.22. The van der Waals surface area contributed by atoms with Crippen molar-refractivity contribution < 1.29 is 4.79 Å². The van der Waals surface area contributed by atoms with Crippen LogP contribution < -0.4 is 0 Å². The van der Waals surface area contributed by atoms with Crippen molar-refractivity contribution >= 4 is 21.7 Å². The summed E-state index contributed by atoms with van der Waals surface area (Å²) in [5.41, 5.74) is 0. The van der Waals surface area contributed by atoms with Crippen molar-refractivity contribution in [3.8, 4) is 6.07 Å². The first kappa shape index (κ1) is 8.81. The molecule has 4 nitrogen and oxygen atoms in total. The molecule has 0 atom stereocenters. The molecular weight excluding hydrogens is 222 g/mol. The van der Waals surface area contributed by atoms with Gasteiger partial charge < -0.3 is 0 Å². The van der Waals surface area contributed by atoms with E-state index in [4.69, 9.17) is 5.26 Å². The summed E-state index contributed by atoms with van der Waals surface area (Å²) in [7, 11) is 0. The van der Waals surface area contributed by atoms with E-state index in [1.165, 1.54) is 12.4 Å². The van der Waals surface area contributed by atoms with Crippen molar-refractivity contribution in [3.05, 3.63) is 22.7 Å². The molecule has 1 aromatic heterocycles. The highest BCUT2D eigenvalue weighted by molar-refractivity contribution is 9.10. The lowest BCUT2D eigenvalue weighted by Crippen LogP contribution is -2.03. The minimum atomic E-state index is -0.356. The van der Waals surface area contributed by atoms with E-state index in [-0.39, 0.29) is 18.0 Å². The number of carbonyl (C=O) groups excluding carboxylic acids is 1. The van der Waals surface area contributed by atoms with Crippen LogP contribution in [-0.4, -0.2) is 15.8 Å². The molecule has 0 saturated heterocycles. The maximum absolute atomic E-state index is 11.0. The summed E-state index contributed by atoms with van der Waals surface area (Å²) < 4.78 is 0.705. The van der Waals surface area contributed by atoms with Crippen molar-refractivity contribution in [2.75, 3.05) is 0 Å². The van der Waals surface area contributed by atoms with Crippen LogP contribution in [0.3, 0.4) is 0 Å². The van der Waals surface area contributed by atoms with E-state index >= 15 is 0 Å². The fourth-order valence-corrected chi connectivity index (χ4v) is 0.812. The maximum atomic E-state index is 11.0. The normalized spacial score (nSPS) is 9.00. The van der Waals surface area contributed by atoms with E-state index < -0.39 is 0 Å². The molecule has 0 N–H and O–H groups in total. The van der Waals surface area contributed by atoms with Gasteiger partial charge in [-0.25, -0.2) is 9.97 Å². The van der Waals surface area contributed by atoms with Gasteiger partial charge in [0.25, 0.3) is 0 Å². The van der Waals surface area contributed by atoms with Gasteiger partial charge in [0.05, 0.1) is 10.5 Å². The van der Waals surface area contributed by atoms with Gasteiger partial charge in [0.2, 0.25) is 5.78 Å². The van der Waals surface area contributed by atoms with Gasteiger partial charge >= 0.3 is 0 Å². The van der Waals surface area contributed by atoms with Crippen LogP contribution in [0.2, 0.25) is 0 Å². The number of aromatic nitrogens is 2. The summed E-state index contributed by atoms with van der Waals surface area (Å²) in [6.45, 7) is 0. The zero-order valence-corrected chi connectivity index (χ0v) is 7.58. The van der Waals surface area contributed by atoms with Crippen LogP contribution in [0.15, 0.2) is 16.9 Å². The SMILES string of the molecule is N#CCC(=O)c1ncc(Br)cn1. The van der Waals surface area contributed by atoms with E-state index in [1.807, 2.05) is 0 Å². The van der Waals surface area contributed by atoms with Crippen LogP contribution in [0.25, 0.3) is 0 Å². The smallest absolute Gasteiger partial charge is 0.214 e. The third-order valence-corrected chi connectivity index (χ3v) is 1.52. The van der Waals surface area contributed by atoms with Gasteiger partial charge in [-0.15, -0.1) is 0 Å². The van der Waals surface area contributed by atoms with Crippen LogP contribution >= 0.6 is 15.9 Å². The number of rotatable bonds is 2. The molecule has 1 rings (SSSR count). The molecule has 0 spiro atoms. The summed E-state index contributed by atoms with van der Waals surface area (Å²) in [6, 6.07) is 1.74. The summed E-state index contributed by atoms with van der Waals surface area (Å²) in [4.78, 5) is 18.5. The molecule has 0 bridgehead atoms. The van der Waals surface area contributed by atoms with Gasteiger partial charge in [0.1, 0.15) is 6.42 Å². The first-order valence-electron chi connectivity index (χ1n) is 3.11. The second kappa shape index (κ2) is 3.93. The number of nitrogens with zero attached hydrogens (tertiary/aromatic N) is 3. The van der Waals surface area contributed by atoms with Gasteiger partial charge in [-0.2, -0.15) is 5.26 Å². The third kappa shape index (κ3) is 2.10. The molecule has 5 heteroatoms. The summed E-state index contributed by atoms with van der Waals surface area (Å²) in [6.07, 6.45) is 2.76. The largest absolute Gasteiger partial charge is 0.289 e. The predicted octanol–water partition coefficient (Wildman–Crippen LogP) is 1.34. The lowest BCUT2D eigenvalue weighted by Gasteiger charge is -1.93. The molecule has 0 fully saturated rings. The van der Waals surface area contributed by atoms with E-state index in [9.17, 15) is 4.79 Å². The van der Waals surface area contributed by atoms with Crippen LogP contribution in [0.5, 0.6) is 0 Å². The second-order valence-corrected chi connectivity index (χ2v) is 2.90. The Labute approximate surface area is 77.4 Å². The number of nitriles is 1. The highest BCUT2D eigenvalue weighted by Gasteiger charge is 2.06. The number of hydrogen-bond acceptors (Lipinski definition) is 4. The number of halogens is 1. The molecule has 0 unspecified atom stereocenters. The number of carbonyl (C=O) groups is 1. The molecule has 1 heterocycles. The lowest BCUT2D eigenvalue weighted by molar-refractivity contribution is 0.0988. The van der Waals surface area contributed by atoms with Crippen LogP contribution in [0.4, 0.5) is 0 Å². The monoisotopic (exact) mass is 225 g/mol. The molecule has 12 heavy (non-hydrogen) atoms. The van der Waals surface area contributed by atoms with Crippen molar-refractivity contribution in [1.82, 2.24) is 9.97 Å². The summed E-state index contributed by atoms with van der Waals surface area (Å²) >= 11 is 3.13. The molecule has 0 radical (unpaired) electrons. The van der Waals surface area contributed by atoms with Crippen molar-refractivity contribution in [2.45, 2.75) is 6.42 Å². The Balaban J connectivity index is 2.84. The van der Waals surface area contributed by atoms with Crippen LogP contribution in [-0.2, 0) is 0 Å². The fourth-order valence-electron chi connectivity index (χ4n) is 0.607. The Bertz CT molecular complexity index is 327. The summed E-state index contributed by atoms with van der Waals surface area (Å²) in [5.74, 6) is -0.273. The number of hydrogen-bond donors (Lipinski definition) is 0. The van der Waals surface area contributed by atoms with Crippen LogP contribution in [0.1, 0.15) is 17.0 Å². The molecule has 0 aromatic carbocycles. The molecule has 0 aliphatic heterocycles. The zero-order valence-electron chi connectivity index (χ0n) is 5.99. The van der Waals surface area contributed by atoms with Gasteiger partial charge in [-0.05, 0) is 15.9 Å². The quantitative estimate of drug-likeness (QED) is 0.713. The highest BCUT2D eigenvalue weighted by atomic mass is 79.9. The van der Waals surface area contributed by atoms with Gasteiger partial charge in [-0.1, -0.05) is 0 Å². The van der Waals surface area contributed by atoms with Crippen molar-refractivity contribution in [2.24, 2.45) is 0 Å². The second-order valence-electron chi connectivity index (χ2n) is 1.98. The van der Waals surface area contributed by atoms with Crippen molar-refractivity contribution in [3.63, 3.8) is 0 Å². The standard InChI is InChI=1S/C7H4BrN3O/c8-5-3-10-7(11-4-5)6(12)1-2-9/h3-4H,1H2. The Kier molecular flexibility index (Phi) is 2.88. The van der Waals surface area contributed by atoms with E-state index in [2.05, 4.69) is 25.9 Å². The average Bonchev–Trinajstić information content (AvgIpc) is 2.06. The Morgan fingerprint density at radius 3 is 2.67 bits per heavy atom. The van der Waals surface area contributed by atoms with Gasteiger partial charge in [-0.3, -0.25) is 4.79 Å². The minimum absolute atomic E-state index is 0.0831. The van der Waals surface area contributed by atoms with E-state index in [0.29, 0.717) is 4.47 Å². The average molecular weight is 226 g/mol. The first-order chi connectivity index (χ1) is 5.74. The molecule has 60 valence electrons. The van der Waals surface area contributed by atoms with Gasteiger partial charge in [0, 0.05) is 12.4 Å². The molecule has 0 aliphatic carbocycles. The topological polar surface area (TPSA) is 66.6 Å². The molecule has 0 amide bonds. The lowest BCUT2D eigenvalue weighted by atomic mass is 10.3. The van der Waals surface area contributed by atoms with Gasteiger partial charge in [0.15, 0.2) is 5.82 Å². The fraction of sp³-hybridized carbons (Fsp3) is 0.143. The first-order valence-corrected chi connectivity index (χ1v) is 3.91. The van der Waals surface area contributed by atoms with E-state index in [1.54, 1.807) is 6.07 Å². The number of ketones is 1. The maximum Gasteiger partial charge on any atom is 0.214 e.